The van der Waals surface area contributed by atoms with Crippen molar-refractivity contribution in [3.8, 4) is 11.5 Å². The molecule has 8 nitrogen and oxygen atoms in total. The molecule has 1 spiro atoms. The number of carbonyl (C=O) groups is 1. The van der Waals surface area contributed by atoms with Crippen molar-refractivity contribution in [2.75, 3.05) is 12.3 Å². The zero-order valence-corrected chi connectivity index (χ0v) is 21.1. The standard InChI is InChI=1S/C25H35NO7S/c1-14-5-6-19-23(2,3)20(28)7-8-24(19,4)25(14)12-16-18(27)11-15-17(21(16)33-25)13-26(22(15)29)9-10-34(30,31)32/h11,14,19-20,27-28H,5-10,12-13H2,1-4H3,(H,30,31,32)/t14-,19+,20-,24+,25-/m1/s1. The van der Waals surface area contributed by atoms with Crippen molar-refractivity contribution >= 4 is 16.0 Å². The molecule has 5 atom stereocenters. The summed E-state index contributed by atoms with van der Waals surface area (Å²) >= 11 is 0. The lowest BCUT2D eigenvalue weighted by Gasteiger charge is -2.64. The van der Waals surface area contributed by atoms with Crippen LogP contribution in [0.15, 0.2) is 6.07 Å². The molecule has 3 N–H and O–H groups in total. The molecule has 1 aromatic carbocycles. The number of hydrogen-bond acceptors (Lipinski definition) is 6. The van der Waals surface area contributed by atoms with Crippen molar-refractivity contribution in [1.82, 2.24) is 4.90 Å². The van der Waals surface area contributed by atoms with Crippen molar-refractivity contribution < 1.29 is 32.7 Å². The maximum absolute atomic E-state index is 13.0. The van der Waals surface area contributed by atoms with E-state index in [9.17, 15) is 23.4 Å². The largest absolute Gasteiger partial charge is 0.508 e. The first-order chi connectivity index (χ1) is 15.7. The van der Waals surface area contributed by atoms with Crippen LogP contribution in [0.25, 0.3) is 0 Å². The molecule has 0 radical (unpaired) electrons. The van der Waals surface area contributed by atoms with Crippen molar-refractivity contribution in [1.29, 1.82) is 0 Å². The van der Waals surface area contributed by atoms with Crippen LogP contribution < -0.4 is 4.74 Å². The third-order valence-corrected chi connectivity index (χ3v) is 10.5. The molecule has 2 fully saturated rings. The Hall–Kier alpha value is -1.84. The van der Waals surface area contributed by atoms with Gasteiger partial charge < -0.3 is 19.8 Å². The number of ether oxygens (including phenoxy) is 1. The molecular formula is C25H35NO7S. The molecule has 2 aliphatic heterocycles. The van der Waals surface area contributed by atoms with E-state index in [1.54, 1.807) is 0 Å². The van der Waals surface area contributed by atoms with E-state index in [4.69, 9.17) is 9.29 Å². The fourth-order valence-electron chi connectivity index (χ4n) is 7.73. The average Bonchev–Trinajstić information content (AvgIpc) is 3.29. The number of hydrogen-bond donors (Lipinski definition) is 3. The summed E-state index contributed by atoms with van der Waals surface area (Å²) in [7, 11) is -4.20. The number of rotatable bonds is 3. The molecule has 1 aromatic rings. The van der Waals surface area contributed by atoms with Crippen molar-refractivity contribution in [3.63, 3.8) is 0 Å². The number of carbonyl (C=O) groups excluding carboxylic acids is 1. The van der Waals surface area contributed by atoms with Crippen LogP contribution in [0, 0.1) is 22.7 Å². The quantitative estimate of drug-likeness (QED) is 0.553. The van der Waals surface area contributed by atoms with Gasteiger partial charge in [0.15, 0.2) is 0 Å². The number of phenols is 1. The highest BCUT2D eigenvalue weighted by Crippen LogP contribution is 2.67. The van der Waals surface area contributed by atoms with Crippen LogP contribution in [0.1, 0.15) is 74.9 Å². The van der Waals surface area contributed by atoms with E-state index in [2.05, 4.69) is 27.7 Å². The van der Waals surface area contributed by atoms with Crippen molar-refractivity contribution in [2.45, 2.75) is 78.0 Å². The van der Waals surface area contributed by atoms with Gasteiger partial charge in [0.1, 0.15) is 17.1 Å². The number of amides is 1. The molecule has 188 valence electrons. The zero-order chi connectivity index (χ0) is 24.8. The molecule has 5 rings (SSSR count). The minimum Gasteiger partial charge on any atom is -0.508 e. The molecule has 1 amide bonds. The van der Waals surface area contributed by atoms with Gasteiger partial charge in [-0.1, -0.05) is 27.7 Å². The Morgan fingerprint density at radius 1 is 1.18 bits per heavy atom. The van der Waals surface area contributed by atoms with Gasteiger partial charge in [-0.25, -0.2) is 0 Å². The lowest BCUT2D eigenvalue weighted by molar-refractivity contribution is -0.210. The summed E-state index contributed by atoms with van der Waals surface area (Å²) in [5.74, 6) is 0.134. The van der Waals surface area contributed by atoms with Crippen LogP contribution in [0.3, 0.4) is 0 Å². The van der Waals surface area contributed by atoms with Gasteiger partial charge in [0.2, 0.25) is 0 Å². The topological polar surface area (TPSA) is 124 Å². The van der Waals surface area contributed by atoms with Crippen molar-refractivity contribution in [2.24, 2.45) is 22.7 Å². The van der Waals surface area contributed by atoms with Crippen LogP contribution in [0.2, 0.25) is 0 Å². The van der Waals surface area contributed by atoms with E-state index >= 15 is 0 Å². The second kappa shape index (κ2) is 7.34. The Bertz CT molecular complexity index is 1160. The van der Waals surface area contributed by atoms with E-state index in [1.165, 1.54) is 11.0 Å². The molecule has 0 aromatic heterocycles. The Morgan fingerprint density at radius 2 is 1.88 bits per heavy atom. The minimum atomic E-state index is -4.20. The molecule has 9 heteroatoms. The summed E-state index contributed by atoms with van der Waals surface area (Å²) in [6.45, 7) is 8.81. The molecule has 2 heterocycles. The first-order valence-corrected chi connectivity index (χ1v) is 13.8. The number of aromatic hydroxyl groups is 1. The number of aliphatic hydroxyl groups is 1. The Labute approximate surface area is 201 Å². The number of nitrogens with zero attached hydrogens (tertiary/aromatic N) is 1. The number of phenolic OH excluding ortho intramolecular Hbond substituents is 1. The lowest BCUT2D eigenvalue weighted by Crippen LogP contribution is -2.66. The molecule has 0 unspecified atom stereocenters. The van der Waals surface area contributed by atoms with Gasteiger partial charge in [-0.2, -0.15) is 8.42 Å². The first-order valence-electron chi connectivity index (χ1n) is 12.2. The minimum absolute atomic E-state index is 0.0311. The van der Waals surface area contributed by atoms with Crippen LogP contribution in [-0.4, -0.2) is 58.0 Å². The maximum Gasteiger partial charge on any atom is 0.266 e. The normalized spacial score (nSPS) is 36.2. The fourth-order valence-corrected chi connectivity index (χ4v) is 8.18. The summed E-state index contributed by atoms with van der Waals surface area (Å²) in [5.41, 5.74) is 0.670. The van der Waals surface area contributed by atoms with Gasteiger partial charge >= 0.3 is 0 Å². The first kappa shape index (κ1) is 23.9. The molecular weight excluding hydrogens is 458 g/mol. The third-order valence-electron chi connectivity index (χ3n) is 9.79. The SMILES string of the molecule is C[C@@H]1CC[C@H]2C(C)(C)[C@H](O)CC[C@]2(C)[C@@]12Cc1c(O)cc3c(c1O2)CN(CCS(=O)(=O)O)C3=O. The summed E-state index contributed by atoms with van der Waals surface area (Å²) in [5, 5.41) is 21.8. The molecule has 0 saturated heterocycles. The van der Waals surface area contributed by atoms with Crippen molar-refractivity contribution in [3.05, 3.63) is 22.8 Å². The third kappa shape index (κ3) is 3.15. The summed E-state index contributed by atoms with van der Waals surface area (Å²) in [4.78, 5) is 14.3. The Morgan fingerprint density at radius 3 is 2.56 bits per heavy atom. The summed E-state index contributed by atoms with van der Waals surface area (Å²) in [6.07, 6.45) is 3.65. The van der Waals surface area contributed by atoms with Gasteiger partial charge in [-0.15, -0.1) is 0 Å². The van der Waals surface area contributed by atoms with E-state index in [1.807, 2.05) is 0 Å². The van der Waals surface area contributed by atoms with Crippen LogP contribution >= 0.6 is 0 Å². The molecule has 4 aliphatic rings. The second-order valence-electron chi connectivity index (χ2n) is 11.7. The highest BCUT2D eigenvalue weighted by Gasteiger charge is 2.67. The highest BCUT2D eigenvalue weighted by molar-refractivity contribution is 7.85. The second-order valence-corrected chi connectivity index (χ2v) is 13.3. The average molecular weight is 494 g/mol. The molecule has 34 heavy (non-hydrogen) atoms. The number of aliphatic hydroxyl groups excluding tert-OH is 1. The summed E-state index contributed by atoms with van der Waals surface area (Å²) < 4.78 is 38.5. The molecule has 2 aliphatic carbocycles. The van der Waals surface area contributed by atoms with E-state index < -0.39 is 21.5 Å². The van der Waals surface area contributed by atoms with Gasteiger partial charge in [0.05, 0.1) is 24.0 Å². The van der Waals surface area contributed by atoms with Gasteiger partial charge in [-0.3, -0.25) is 9.35 Å². The van der Waals surface area contributed by atoms with Crippen LogP contribution in [0.4, 0.5) is 0 Å². The zero-order valence-electron chi connectivity index (χ0n) is 20.3. The van der Waals surface area contributed by atoms with E-state index in [0.29, 0.717) is 35.3 Å². The monoisotopic (exact) mass is 493 g/mol. The van der Waals surface area contributed by atoms with Gasteiger partial charge in [0.25, 0.3) is 16.0 Å². The van der Waals surface area contributed by atoms with Crippen LogP contribution in [0.5, 0.6) is 11.5 Å². The van der Waals surface area contributed by atoms with Gasteiger partial charge in [-0.05, 0) is 49.0 Å². The lowest BCUT2D eigenvalue weighted by atomic mass is 9.43. The summed E-state index contributed by atoms with van der Waals surface area (Å²) in [6, 6.07) is 1.48. The van der Waals surface area contributed by atoms with Crippen LogP contribution in [-0.2, 0) is 23.1 Å². The predicted octanol–water partition coefficient (Wildman–Crippen LogP) is 3.14. The molecule has 0 bridgehead atoms. The predicted molar refractivity (Wildman–Crippen MR) is 125 cm³/mol. The van der Waals surface area contributed by atoms with E-state index in [0.717, 1.165) is 19.3 Å². The smallest absolute Gasteiger partial charge is 0.266 e. The highest BCUT2D eigenvalue weighted by atomic mass is 32.2. The Balaban J connectivity index is 1.55. The number of fused-ring (bicyclic) bond motifs is 5. The number of benzene rings is 1. The van der Waals surface area contributed by atoms with E-state index in [-0.39, 0.29) is 53.5 Å². The maximum atomic E-state index is 13.0. The van der Waals surface area contributed by atoms with Gasteiger partial charge in [0, 0.05) is 29.5 Å². The molecule has 2 saturated carbocycles. The fraction of sp³-hybridized carbons (Fsp3) is 0.720. The Kier molecular flexibility index (Phi) is 5.15.